The van der Waals surface area contributed by atoms with Crippen LogP contribution in [0.4, 0.5) is 5.69 Å². The maximum atomic E-state index is 13.3. The molecule has 2 amide bonds. The molecule has 134 valence electrons. The Kier molecular flexibility index (Phi) is 2.72. The second kappa shape index (κ2) is 4.85. The third-order valence-corrected chi connectivity index (χ3v) is 6.96. The van der Waals surface area contributed by atoms with Crippen LogP contribution in [-0.4, -0.2) is 16.8 Å². The van der Waals surface area contributed by atoms with Gasteiger partial charge in [-0.3, -0.25) is 14.4 Å². The van der Waals surface area contributed by atoms with Gasteiger partial charge < -0.3 is 4.98 Å². The summed E-state index contributed by atoms with van der Waals surface area (Å²) in [5.74, 6) is 0.326. The highest BCUT2D eigenvalue weighted by atomic mass is 16.2. The van der Waals surface area contributed by atoms with Crippen LogP contribution >= 0.6 is 0 Å². The van der Waals surface area contributed by atoms with Crippen molar-refractivity contribution in [1.82, 2.24) is 4.98 Å². The molecule has 5 nitrogen and oxygen atoms in total. The van der Waals surface area contributed by atoms with E-state index in [9.17, 15) is 14.4 Å². The van der Waals surface area contributed by atoms with E-state index in [-0.39, 0.29) is 41.0 Å². The van der Waals surface area contributed by atoms with Crippen molar-refractivity contribution in [2.75, 3.05) is 4.90 Å². The first-order valence-electron chi connectivity index (χ1n) is 9.43. The van der Waals surface area contributed by atoms with Crippen LogP contribution in [0, 0.1) is 42.4 Å². The highest BCUT2D eigenvalue weighted by Crippen LogP contribution is 2.59. The molecule has 1 N–H and O–H groups in total. The molecule has 5 heteroatoms. The molecule has 1 saturated heterocycles. The van der Waals surface area contributed by atoms with Gasteiger partial charge in [0.2, 0.25) is 17.4 Å². The lowest BCUT2D eigenvalue weighted by Gasteiger charge is -2.51. The number of pyridine rings is 1. The van der Waals surface area contributed by atoms with Crippen LogP contribution < -0.4 is 10.5 Å². The fraction of sp³-hybridized carbons (Fsp3) is 0.318. The fourth-order valence-corrected chi connectivity index (χ4v) is 5.71. The van der Waals surface area contributed by atoms with E-state index in [2.05, 4.69) is 29.3 Å². The number of amides is 2. The average Bonchev–Trinajstić information content (AvgIpc) is 2.86. The molecule has 27 heavy (non-hydrogen) atoms. The van der Waals surface area contributed by atoms with Crippen LogP contribution in [0.25, 0.3) is 10.9 Å². The molecule has 2 fully saturated rings. The second-order valence-electron chi connectivity index (χ2n) is 8.19. The summed E-state index contributed by atoms with van der Waals surface area (Å²) in [4.78, 5) is 42.5. The lowest BCUT2D eigenvalue weighted by atomic mass is 9.50. The minimum Gasteiger partial charge on any atom is -0.322 e. The molecule has 1 aromatic carbocycles. The smallest absolute Gasteiger partial charge is 0.248 e. The van der Waals surface area contributed by atoms with Crippen LogP contribution in [0.5, 0.6) is 0 Å². The summed E-state index contributed by atoms with van der Waals surface area (Å²) in [6.07, 6.45) is 8.66. The van der Waals surface area contributed by atoms with E-state index in [1.54, 1.807) is 12.1 Å². The molecule has 2 aromatic rings. The fourth-order valence-electron chi connectivity index (χ4n) is 5.71. The zero-order chi connectivity index (χ0) is 18.4. The van der Waals surface area contributed by atoms with Crippen LogP contribution in [0.15, 0.2) is 53.4 Å². The van der Waals surface area contributed by atoms with Crippen LogP contribution in [-0.2, 0) is 9.59 Å². The number of nitrogens with one attached hydrogen (secondary N) is 1. The van der Waals surface area contributed by atoms with Gasteiger partial charge in [0.05, 0.1) is 23.0 Å². The monoisotopic (exact) mass is 358 g/mol. The largest absolute Gasteiger partial charge is 0.322 e. The number of carbonyl (C=O) groups excluding carboxylic acids is 2. The number of fused-ring (bicyclic) bond motifs is 1. The normalized spacial score (nSPS) is 35.5. The van der Waals surface area contributed by atoms with E-state index < -0.39 is 0 Å². The van der Waals surface area contributed by atoms with Crippen LogP contribution in [0.2, 0.25) is 0 Å². The topological polar surface area (TPSA) is 70.2 Å². The van der Waals surface area contributed by atoms with Gasteiger partial charge in [-0.1, -0.05) is 30.4 Å². The molecule has 5 aliphatic rings. The van der Waals surface area contributed by atoms with Crippen molar-refractivity contribution >= 4 is 28.4 Å². The molecule has 4 aliphatic carbocycles. The third-order valence-electron chi connectivity index (χ3n) is 6.96. The first kappa shape index (κ1) is 15.1. The van der Waals surface area contributed by atoms with Gasteiger partial charge in [-0.25, -0.2) is 4.90 Å². The molecule has 1 aliphatic heterocycles. The number of rotatable bonds is 1. The Morgan fingerprint density at radius 3 is 2.00 bits per heavy atom. The number of anilines is 1. The number of imide groups is 1. The molecular formula is C22H18N2O3. The summed E-state index contributed by atoms with van der Waals surface area (Å²) in [5.41, 5.74) is 1.89. The molecule has 2 heterocycles. The molecule has 1 unspecified atom stereocenters. The lowest BCUT2D eigenvalue weighted by molar-refractivity contribution is -0.127. The summed E-state index contributed by atoms with van der Waals surface area (Å²) in [6, 6.07) is 6.98. The first-order valence-corrected chi connectivity index (χ1v) is 9.43. The predicted octanol–water partition coefficient (Wildman–Crippen LogP) is 2.56. The molecule has 0 radical (unpaired) electrons. The van der Waals surface area contributed by atoms with E-state index >= 15 is 0 Å². The van der Waals surface area contributed by atoms with E-state index in [0.29, 0.717) is 23.0 Å². The standard InChI is InChI=1S/C22H18N2O3/c1-10-8-18(25)23-17-9-11(2-3-12(10)17)24-21(26)19-15-6-7-16(20(19)22(24)27)14-5-4-13(14)15/h2-9,13-16,19-20H,1H3,(H,23,25)/t13-,14+,15-,16?,19-,20+/m0/s1. The number of aromatic nitrogens is 1. The molecular weight excluding hydrogens is 340 g/mol. The van der Waals surface area contributed by atoms with Gasteiger partial charge >= 0.3 is 0 Å². The molecule has 1 aromatic heterocycles. The third kappa shape index (κ3) is 1.77. The van der Waals surface area contributed by atoms with Crippen molar-refractivity contribution in [3.05, 3.63) is 64.5 Å². The summed E-state index contributed by atoms with van der Waals surface area (Å²) in [6.45, 7) is 1.88. The number of H-pyrrole nitrogens is 1. The molecule has 7 rings (SSSR count). The maximum absolute atomic E-state index is 13.3. The molecule has 2 bridgehead atoms. The highest BCUT2D eigenvalue weighted by molar-refractivity contribution is 6.23. The summed E-state index contributed by atoms with van der Waals surface area (Å²) in [5, 5.41) is 0.916. The van der Waals surface area contributed by atoms with Crippen LogP contribution in [0.3, 0.4) is 0 Å². The van der Waals surface area contributed by atoms with Crippen molar-refractivity contribution in [3.8, 4) is 0 Å². The van der Waals surface area contributed by atoms with Crippen LogP contribution in [0.1, 0.15) is 5.56 Å². The van der Waals surface area contributed by atoms with Crippen molar-refractivity contribution in [2.24, 2.45) is 35.5 Å². The Morgan fingerprint density at radius 2 is 1.41 bits per heavy atom. The molecule has 1 saturated carbocycles. The van der Waals surface area contributed by atoms with E-state index in [0.717, 1.165) is 10.9 Å². The quantitative estimate of drug-likeness (QED) is 0.629. The van der Waals surface area contributed by atoms with Crippen molar-refractivity contribution < 1.29 is 9.59 Å². The highest BCUT2D eigenvalue weighted by Gasteiger charge is 2.62. The van der Waals surface area contributed by atoms with Gasteiger partial charge in [0, 0.05) is 11.5 Å². The van der Waals surface area contributed by atoms with Gasteiger partial charge in [0.1, 0.15) is 0 Å². The average molecular weight is 358 g/mol. The summed E-state index contributed by atoms with van der Waals surface area (Å²) in [7, 11) is 0. The number of hydrogen-bond donors (Lipinski definition) is 1. The number of carbonyl (C=O) groups is 2. The Labute approximate surface area is 155 Å². The van der Waals surface area contributed by atoms with Gasteiger partial charge in [0.15, 0.2) is 0 Å². The Bertz CT molecular complexity index is 1120. The second-order valence-corrected chi connectivity index (χ2v) is 8.19. The first-order chi connectivity index (χ1) is 13.0. The maximum Gasteiger partial charge on any atom is 0.248 e. The number of benzene rings is 1. The Hall–Kier alpha value is -2.95. The minimum absolute atomic E-state index is 0.0996. The van der Waals surface area contributed by atoms with Gasteiger partial charge in [-0.2, -0.15) is 0 Å². The lowest BCUT2D eigenvalue weighted by Crippen LogP contribution is -2.50. The van der Waals surface area contributed by atoms with E-state index in [4.69, 9.17) is 0 Å². The van der Waals surface area contributed by atoms with E-state index in [1.165, 1.54) is 4.90 Å². The van der Waals surface area contributed by atoms with Crippen molar-refractivity contribution in [1.29, 1.82) is 0 Å². The number of aromatic amines is 1. The van der Waals surface area contributed by atoms with Crippen molar-refractivity contribution in [2.45, 2.75) is 6.92 Å². The Morgan fingerprint density at radius 1 is 0.815 bits per heavy atom. The summed E-state index contributed by atoms with van der Waals surface area (Å²) < 4.78 is 0. The van der Waals surface area contributed by atoms with Gasteiger partial charge in [-0.15, -0.1) is 0 Å². The zero-order valence-corrected chi connectivity index (χ0v) is 14.8. The van der Waals surface area contributed by atoms with Gasteiger partial charge in [0.25, 0.3) is 0 Å². The minimum atomic E-state index is -0.258. The summed E-state index contributed by atoms with van der Waals surface area (Å²) >= 11 is 0. The number of aryl methyl sites for hydroxylation is 1. The molecule has 0 spiro atoms. The SMILES string of the molecule is Cc1cc(=O)[nH]c2cc(N3C(=O)[C@H]4[C@H]5C=CC([C@H]4C3=O)[C@@H]3C=C[C@H]53)ccc12. The van der Waals surface area contributed by atoms with Gasteiger partial charge in [-0.05, 0) is 48.3 Å². The number of allylic oxidation sites excluding steroid dienone is 4. The van der Waals surface area contributed by atoms with E-state index in [1.807, 2.05) is 19.1 Å². The zero-order valence-electron chi connectivity index (χ0n) is 14.8. The molecule has 6 atom stereocenters. The van der Waals surface area contributed by atoms with Crippen molar-refractivity contribution in [3.63, 3.8) is 0 Å². The number of hydrogen-bond acceptors (Lipinski definition) is 3. The predicted molar refractivity (Wildman–Crippen MR) is 101 cm³/mol. The number of nitrogens with zero attached hydrogens (tertiary/aromatic N) is 1. The Balaban J connectivity index is 1.46.